The van der Waals surface area contributed by atoms with E-state index in [1.807, 2.05) is 0 Å². The van der Waals surface area contributed by atoms with Crippen LogP contribution in [0.4, 0.5) is 0 Å². The smallest absolute Gasteiger partial charge is 0.121 e. The molecule has 1 saturated carbocycles. The Morgan fingerprint density at radius 2 is 1.92 bits per heavy atom. The summed E-state index contributed by atoms with van der Waals surface area (Å²) >= 11 is 0. The molecule has 2 fully saturated rings. The van der Waals surface area contributed by atoms with E-state index in [9.17, 15) is 0 Å². The Labute approximate surface area is 144 Å². The maximum atomic E-state index is 6.22. The summed E-state index contributed by atoms with van der Waals surface area (Å²) in [6, 6.07) is 10.8. The van der Waals surface area contributed by atoms with Crippen molar-refractivity contribution in [2.24, 2.45) is 0 Å². The van der Waals surface area contributed by atoms with E-state index in [1.54, 1.807) is 5.57 Å². The number of allylic oxidation sites excluding steroid dienone is 2. The van der Waals surface area contributed by atoms with E-state index in [1.165, 1.54) is 42.6 Å². The van der Waals surface area contributed by atoms with Crippen LogP contribution in [0.2, 0.25) is 0 Å². The SMILES string of the molecule is CCOC1=CC(c2ccccc2)=C2CCCCC12N1CCOCC1. The zero-order chi connectivity index (χ0) is 16.4. The Morgan fingerprint density at radius 1 is 1.12 bits per heavy atom. The monoisotopic (exact) mass is 325 g/mol. The van der Waals surface area contributed by atoms with Crippen LogP contribution in [-0.4, -0.2) is 43.3 Å². The molecule has 1 unspecified atom stereocenters. The molecule has 0 N–H and O–H groups in total. The molecule has 0 amide bonds. The lowest BCUT2D eigenvalue weighted by molar-refractivity contribution is -0.0230. The molecule has 0 spiro atoms. The summed E-state index contributed by atoms with van der Waals surface area (Å²) in [5, 5.41) is 0. The molecule has 3 heteroatoms. The average molecular weight is 325 g/mol. The largest absolute Gasteiger partial charge is 0.496 e. The Morgan fingerprint density at radius 3 is 2.67 bits per heavy atom. The van der Waals surface area contributed by atoms with Crippen LogP contribution in [-0.2, 0) is 9.47 Å². The second kappa shape index (κ2) is 6.73. The van der Waals surface area contributed by atoms with Gasteiger partial charge in [-0.25, -0.2) is 0 Å². The molecule has 1 saturated heterocycles. The summed E-state index contributed by atoms with van der Waals surface area (Å²) in [6.45, 7) is 6.47. The van der Waals surface area contributed by atoms with Gasteiger partial charge in [0.1, 0.15) is 11.3 Å². The number of nitrogens with zero attached hydrogens (tertiary/aromatic N) is 1. The molecule has 1 atom stereocenters. The van der Waals surface area contributed by atoms with Crippen molar-refractivity contribution >= 4 is 5.57 Å². The van der Waals surface area contributed by atoms with E-state index in [0.29, 0.717) is 0 Å². The molecule has 3 aliphatic rings. The summed E-state index contributed by atoms with van der Waals surface area (Å²) in [5.41, 5.74) is 4.26. The topological polar surface area (TPSA) is 21.7 Å². The van der Waals surface area contributed by atoms with E-state index in [0.717, 1.165) is 32.9 Å². The molecular weight excluding hydrogens is 298 g/mol. The first-order chi connectivity index (χ1) is 11.9. The van der Waals surface area contributed by atoms with Gasteiger partial charge in [-0.3, -0.25) is 4.90 Å². The molecule has 1 heterocycles. The van der Waals surface area contributed by atoms with Crippen LogP contribution in [0.5, 0.6) is 0 Å². The maximum absolute atomic E-state index is 6.22. The van der Waals surface area contributed by atoms with Gasteiger partial charge in [0, 0.05) is 13.1 Å². The summed E-state index contributed by atoms with van der Waals surface area (Å²) < 4.78 is 11.8. The number of fused-ring (bicyclic) bond motifs is 1. The first-order valence-corrected chi connectivity index (χ1v) is 9.33. The quantitative estimate of drug-likeness (QED) is 0.834. The minimum absolute atomic E-state index is 0.0246. The predicted octanol–water partition coefficient (Wildman–Crippen LogP) is 4.02. The van der Waals surface area contributed by atoms with Gasteiger partial charge in [-0.2, -0.15) is 0 Å². The van der Waals surface area contributed by atoms with Crippen LogP contribution in [0, 0.1) is 0 Å². The Kier molecular flexibility index (Phi) is 4.47. The molecule has 24 heavy (non-hydrogen) atoms. The van der Waals surface area contributed by atoms with Gasteiger partial charge in [0.05, 0.1) is 19.8 Å². The van der Waals surface area contributed by atoms with E-state index in [4.69, 9.17) is 9.47 Å². The van der Waals surface area contributed by atoms with Crippen molar-refractivity contribution in [2.75, 3.05) is 32.9 Å². The lowest BCUT2D eigenvalue weighted by Crippen LogP contribution is -2.56. The molecule has 3 nitrogen and oxygen atoms in total. The predicted molar refractivity (Wildman–Crippen MR) is 96.7 cm³/mol. The molecule has 0 aromatic heterocycles. The van der Waals surface area contributed by atoms with Crippen molar-refractivity contribution in [3.8, 4) is 0 Å². The summed E-state index contributed by atoms with van der Waals surface area (Å²) in [4.78, 5) is 2.63. The number of hydrogen-bond donors (Lipinski definition) is 0. The molecule has 1 aromatic rings. The molecule has 2 aliphatic carbocycles. The van der Waals surface area contributed by atoms with Gasteiger partial charge in [0.15, 0.2) is 0 Å². The lowest BCUT2D eigenvalue weighted by Gasteiger charge is -2.48. The molecule has 1 aliphatic heterocycles. The molecular formula is C21H27NO2. The Bertz CT molecular complexity index is 643. The molecule has 128 valence electrons. The minimum atomic E-state index is -0.0246. The maximum Gasteiger partial charge on any atom is 0.121 e. The highest BCUT2D eigenvalue weighted by molar-refractivity contribution is 5.83. The van der Waals surface area contributed by atoms with Crippen molar-refractivity contribution in [1.82, 2.24) is 4.90 Å². The highest BCUT2D eigenvalue weighted by atomic mass is 16.5. The van der Waals surface area contributed by atoms with Gasteiger partial charge in [0.2, 0.25) is 0 Å². The number of rotatable bonds is 4. The van der Waals surface area contributed by atoms with E-state index >= 15 is 0 Å². The number of hydrogen-bond acceptors (Lipinski definition) is 3. The third kappa shape index (κ3) is 2.51. The third-order valence-electron chi connectivity index (χ3n) is 5.66. The van der Waals surface area contributed by atoms with Crippen LogP contribution in [0.1, 0.15) is 38.2 Å². The normalized spacial score (nSPS) is 27.8. The molecule has 0 radical (unpaired) electrons. The van der Waals surface area contributed by atoms with Crippen LogP contribution < -0.4 is 0 Å². The van der Waals surface area contributed by atoms with Crippen LogP contribution >= 0.6 is 0 Å². The molecule has 1 aromatic carbocycles. The fourth-order valence-corrected chi connectivity index (χ4v) is 4.65. The number of morpholine rings is 1. The van der Waals surface area contributed by atoms with Crippen molar-refractivity contribution in [3.05, 3.63) is 53.3 Å². The van der Waals surface area contributed by atoms with E-state index in [2.05, 4.69) is 48.2 Å². The van der Waals surface area contributed by atoms with Crippen molar-refractivity contribution in [2.45, 2.75) is 38.1 Å². The first-order valence-electron chi connectivity index (χ1n) is 9.33. The summed E-state index contributed by atoms with van der Waals surface area (Å²) in [7, 11) is 0. The summed E-state index contributed by atoms with van der Waals surface area (Å²) in [6.07, 6.45) is 7.23. The van der Waals surface area contributed by atoms with Crippen LogP contribution in [0.25, 0.3) is 5.57 Å². The number of ether oxygens (including phenoxy) is 2. The van der Waals surface area contributed by atoms with Gasteiger partial charge >= 0.3 is 0 Å². The van der Waals surface area contributed by atoms with Crippen molar-refractivity contribution in [3.63, 3.8) is 0 Å². The van der Waals surface area contributed by atoms with Crippen LogP contribution in [0.3, 0.4) is 0 Å². The Hall–Kier alpha value is -1.58. The fourth-order valence-electron chi connectivity index (χ4n) is 4.65. The van der Waals surface area contributed by atoms with Crippen molar-refractivity contribution < 1.29 is 9.47 Å². The first kappa shape index (κ1) is 15.9. The second-order valence-electron chi connectivity index (χ2n) is 6.87. The van der Waals surface area contributed by atoms with Gasteiger partial charge in [-0.05, 0) is 49.0 Å². The molecule has 4 rings (SSSR count). The highest BCUT2D eigenvalue weighted by Gasteiger charge is 2.50. The van der Waals surface area contributed by atoms with Gasteiger partial charge in [-0.1, -0.05) is 36.8 Å². The second-order valence-corrected chi connectivity index (χ2v) is 6.87. The lowest BCUT2D eigenvalue weighted by atomic mass is 9.75. The fraction of sp³-hybridized carbons (Fsp3) is 0.524. The van der Waals surface area contributed by atoms with Gasteiger partial charge in [-0.15, -0.1) is 0 Å². The van der Waals surface area contributed by atoms with Crippen molar-refractivity contribution in [1.29, 1.82) is 0 Å². The van der Waals surface area contributed by atoms with Gasteiger partial charge in [0.25, 0.3) is 0 Å². The summed E-state index contributed by atoms with van der Waals surface area (Å²) in [5.74, 6) is 1.17. The third-order valence-corrected chi connectivity index (χ3v) is 5.66. The highest BCUT2D eigenvalue weighted by Crippen LogP contribution is 2.52. The number of benzene rings is 1. The van der Waals surface area contributed by atoms with E-state index in [-0.39, 0.29) is 5.54 Å². The van der Waals surface area contributed by atoms with Crippen LogP contribution in [0.15, 0.2) is 47.7 Å². The standard InChI is InChI=1S/C21H27NO2/c1-2-24-20-16-18(17-8-4-3-5-9-17)19-10-6-7-11-21(19,20)22-12-14-23-15-13-22/h3-5,8-9,16H,2,6-7,10-15H2,1H3. The zero-order valence-electron chi connectivity index (χ0n) is 14.6. The van der Waals surface area contributed by atoms with E-state index < -0.39 is 0 Å². The van der Waals surface area contributed by atoms with Gasteiger partial charge < -0.3 is 9.47 Å². The minimum Gasteiger partial charge on any atom is -0.496 e. The Balaban J connectivity index is 1.83. The average Bonchev–Trinajstić information content (AvgIpc) is 2.99. The zero-order valence-corrected chi connectivity index (χ0v) is 14.6. The molecule has 0 bridgehead atoms.